The van der Waals surface area contributed by atoms with E-state index in [1.165, 1.54) is 19.1 Å². The van der Waals surface area contributed by atoms with Crippen LogP contribution in [0.3, 0.4) is 0 Å². The second-order valence-electron chi connectivity index (χ2n) is 7.67. The number of carbonyl (C=O) groups is 2. The van der Waals surface area contributed by atoms with E-state index in [-0.39, 0.29) is 23.0 Å². The highest BCUT2D eigenvalue weighted by molar-refractivity contribution is 6.04. The average molecular weight is 367 g/mol. The van der Waals surface area contributed by atoms with E-state index in [4.69, 9.17) is 4.42 Å². The minimum atomic E-state index is -0.318. The Bertz CT molecular complexity index is 838. The third-order valence-corrected chi connectivity index (χ3v) is 5.84. The van der Waals surface area contributed by atoms with Gasteiger partial charge < -0.3 is 20.0 Å². The van der Waals surface area contributed by atoms with Crippen molar-refractivity contribution in [1.82, 2.24) is 10.2 Å². The first-order valence-electron chi connectivity index (χ1n) is 9.52. The van der Waals surface area contributed by atoms with Crippen LogP contribution in [0.15, 0.2) is 41.0 Å². The van der Waals surface area contributed by atoms with E-state index in [0.29, 0.717) is 11.3 Å². The number of likely N-dealkylation sites (tertiary alicyclic amines) is 1. The van der Waals surface area contributed by atoms with E-state index >= 15 is 0 Å². The Morgan fingerprint density at radius 3 is 2.85 bits per heavy atom. The van der Waals surface area contributed by atoms with Crippen molar-refractivity contribution in [2.24, 2.45) is 5.41 Å². The maximum absolute atomic E-state index is 13.1. The average Bonchev–Trinajstić information content (AvgIpc) is 3.34. The van der Waals surface area contributed by atoms with E-state index in [1.54, 1.807) is 12.1 Å². The number of hydrogen-bond donors (Lipinski definition) is 2. The monoisotopic (exact) mass is 367 g/mol. The Labute approximate surface area is 158 Å². The van der Waals surface area contributed by atoms with Crippen molar-refractivity contribution in [2.45, 2.75) is 26.2 Å². The molecule has 2 aromatic rings. The minimum absolute atomic E-state index is 0.0454. The standard InChI is InChI=1S/C21H25N3O3/c1-15-16(5-2-6-17(15)23-19(25)18-7-3-12-27-18)20(26)24-11-9-21(14-24)8-4-10-22-13-21/h2-3,5-7,12,22H,4,8-11,13-14H2,1H3,(H,23,25)/t21-/m1/s1. The van der Waals surface area contributed by atoms with Crippen molar-refractivity contribution in [3.8, 4) is 0 Å². The largest absolute Gasteiger partial charge is 0.459 e. The van der Waals surface area contributed by atoms with Gasteiger partial charge in [0.1, 0.15) is 0 Å². The zero-order chi connectivity index (χ0) is 18.9. The summed E-state index contributed by atoms with van der Waals surface area (Å²) in [4.78, 5) is 27.4. The lowest BCUT2D eigenvalue weighted by Crippen LogP contribution is -2.42. The molecule has 3 heterocycles. The van der Waals surface area contributed by atoms with Crippen LogP contribution in [0.4, 0.5) is 5.69 Å². The second kappa shape index (κ2) is 7.19. The molecule has 6 heteroatoms. The summed E-state index contributed by atoms with van der Waals surface area (Å²) in [6, 6.07) is 8.74. The van der Waals surface area contributed by atoms with Crippen LogP contribution in [0.2, 0.25) is 0 Å². The first-order chi connectivity index (χ1) is 13.1. The molecule has 6 nitrogen and oxygen atoms in total. The topological polar surface area (TPSA) is 74.6 Å². The maximum Gasteiger partial charge on any atom is 0.291 e. The fraction of sp³-hybridized carbons (Fsp3) is 0.429. The molecule has 2 N–H and O–H groups in total. The molecule has 27 heavy (non-hydrogen) atoms. The zero-order valence-electron chi connectivity index (χ0n) is 15.6. The van der Waals surface area contributed by atoms with Gasteiger partial charge in [0.25, 0.3) is 11.8 Å². The molecule has 2 amide bonds. The summed E-state index contributed by atoms with van der Waals surface area (Å²) in [6.45, 7) is 5.55. The minimum Gasteiger partial charge on any atom is -0.459 e. The molecule has 2 fully saturated rings. The summed E-state index contributed by atoms with van der Waals surface area (Å²) in [7, 11) is 0. The lowest BCUT2D eigenvalue weighted by atomic mass is 9.80. The van der Waals surface area contributed by atoms with Crippen LogP contribution in [0.5, 0.6) is 0 Å². The molecule has 1 aromatic heterocycles. The number of hydrogen-bond acceptors (Lipinski definition) is 4. The molecular weight excluding hydrogens is 342 g/mol. The Balaban J connectivity index is 1.50. The molecule has 2 saturated heterocycles. The van der Waals surface area contributed by atoms with Crippen LogP contribution in [-0.4, -0.2) is 42.9 Å². The van der Waals surface area contributed by atoms with Crippen LogP contribution >= 0.6 is 0 Å². The molecule has 4 rings (SSSR count). The summed E-state index contributed by atoms with van der Waals surface area (Å²) in [5.74, 6) is -0.0254. The first-order valence-corrected chi connectivity index (χ1v) is 9.52. The SMILES string of the molecule is Cc1c(NC(=O)c2ccco2)cccc1C(=O)N1CC[C@@]2(CCCNC2)C1. The lowest BCUT2D eigenvalue weighted by molar-refractivity contribution is 0.0763. The Morgan fingerprint density at radius 1 is 1.22 bits per heavy atom. The smallest absolute Gasteiger partial charge is 0.291 e. The fourth-order valence-electron chi connectivity index (χ4n) is 4.25. The number of nitrogens with one attached hydrogen (secondary N) is 2. The van der Waals surface area contributed by atoms with E-state index in [2.05, 4.69) is 10.6 Å². The van der Waals surface area contributed by atoms with Crippen LogP contribution < -0.4 is 10.6 Å². The fourth-order valence-corrected chi connectivity index (χ4v) is 4.25. The van der Waals surface area contributed by atoms with Crippen LogP contribution in [0, 0.1) is 12.3 Å². The number of piperidine rings is 1. The Kier molecular flexibility index (Phi) is 4.74. The first kappa shape index (κ1) is 17.8. The zero-order valence-corrected chi connectivity index (χ0v) is 15.6. The van der Waals surface area contributed by atoms with Crippen molar-refractivity contribution in [1.29, 1.82) is 0 Å². The van der Waals surface area contributed by atoms with Crippen molar-refractivity contribution < 1.29 is 14.0 Å². The summed E-state index contributed by atoms with van der Waals surface area (Å²) in [5.41, 5.74) is 2.29. The van der Waals surface area contributed by atoms with Gasteiger partial charge >= 0.3 is 0 Å². The van der Waals surface area contributed by atoms with E-state index < -0.39 is 0 Å². The predicted molar refractivity (Wildman–Crippen MR) is 103 cm³/mol. The Morgan fingerprint density at radius 2 is 2.11 bits per heavy atom. The number of rotatable bonds is 3. The molecule has 0 saturated carbocycles. The summed E-state index contributed by atoms with van der Waals surface area (Å²) < 4.78 is 5.14. The lowest BCUT2D eigenvalue weighted by Gasteiger charge is -2.33. The quantitative estimate of drug-likeness (QED) is 0.874. The highest BCUT2D eigenvalue weighted by Gasteiger charge is 2.41. The molecule has 2 aliphatic rings. The molecule has 1 atom stereocenters. The molecule has 2 aliphatic heterocycles. The van der Waals surface area contributed by atoms with Gasteiger partial charge in [-0.05, 0) is 62.6 Å². The predicted octanol–water partition coefficient (Wildman–Crippen LogP) is 3.06. The van der Waals surface area contributed by atoms with Gasteiger partial charge in [-0.25, -0.2) is 0 Å². The van der Waals surface area contributed by atoms with Gasteiger partial charge in [0, 0.05) is 36.3 Å². The van der Waals surface area contributed by atoms with Crippen molar-refractivity contribution in [2.75, 3.05) is 31.5 Å². The molecule has 1 aromatic carbocycles. The molecule has 142 valence electrons. The van der Waals surface area contributed by atoms with Gasteiger partial charge in [-0.2, -0.15) is 0 Å². The van der Waals surface area contributed by atoms with Gasteiger partial charge in [0.05, 0.1) is 6.26 Å². The highest BCUT2D eigenvalue weighted by Crippen LogP contribution is 2.37. The molecule has 0 bridgehead atoms. The van der Waals surface area contributed by atoms with Crippen molar-refractivity contribution in [3.63, 3.8) is 0 Å². The van der Waals surface area contributed by atoms with Crippen LogP contribution in [0.25, 0.3) is 0 Å². The van der Waals surface area contributed by atoms with Crippen LogP contribution in [-0.2, 0) is 0 Å². The van der Waals surface area contributed by atoms with E-state index in [0.717, 1.165) is 38.2 Å². The van der Waals surface area contributed by atoms with Gasteiger partial charge in [-0.3, -0.25) is 9.59 Å². The number of carbonyl (C=O) groups excluding carboxylic acids is 2. The molecule has 1 spiro atoms. The normalized spacial score (nSPS) is 22.2. The van der Waals surface area contributed by atoms with E-state index in [9.17, 15) is 9.59 Å². The Hall–Kier alpha value is -2.60. The molecule has 0 aliphatic carbocycles. The highest BCUT2D eigenvalue weighted by atomic mass is 16.3. The second-order valence-corrected chi connectivity index (χ2v) is 7.67. The summed E-state index contributed by atoms with van der Waals surface area (Å²) in [6.07, 6.45) is 4.88. The molecule has 0 radical (unpaired) electrons. The van der Waals surface area contributed by atoms with Gasteiger partial charge in [-0.15, -0.1) is 0 Å². The van der Waals surface area contributed by atoms with Gasteiger partial charge in [0.2, 0.25) is 0 Å². The number of amides is 2. The number of anilines is 1. The number of benzene rings is 1. The van der Waals surface area contributed by atoms with Gasteiger partial charge in [0.15, 0.2) is 5.76 Å². The molecule has 0 unspecified atom stereocenters. The van der Waals surface area contributed by atoms with Crippen molar-refractivity contribution >= 4 is 17.5 Å². The van der Waals surface area contributed by atoms with Gasteiger partial charge in [-0.1, -0.05) is 6.07 Å². The number of furan rings is 1. The van der Waals surface area contributed by atoms with E-state index in [1.807, 2.05) is 30.0 Å². The molecular formula is C21H25N3O3. The maximum atomic E-state index is 13.1. The third kappa shape index (κ3) is 3.49. The van der Waals surface area contributed by atoms with Crippen LogP contribution in [0.1, 0.15) is 45.7 Å². The number of nitrogens with zero attached hydrogens (tertiary/aromatic N) is 1. The third-order valence-electron chi connectivity index (χ3n) is 5.84. The summed E-state index contributed by atoms with van der Waals surface area (Å²) in [5, 5.41) is 6.32. The summed E-state index contributed by atoms with van der Waals surface area (Å²) >= 11 is 0. The van der Waals surface area contributed by atoms with Crippen molar-refractivity contribution in [3.05, 3.63) is 53.5 Å².